The van der Waals surface area contributed by atoms with Crippen LogP contribution in [0, 0.1) is 29.0 Å². The Morgan fingerprint density at radius 1 is 0.812 bits per heavy atom. The molecule has 0 amide bonds. The second kappa shape index (κ2) is 9.78. The molecule has 0 N–H and O–H groups in total. The van der Waals surface area contributed by atoms with Crippen LogP contribution in [0.2, 0.25) is 0 Å². The zero-order chi connectivity index (χ0) is 22.3. The lowest BCUT2D eigenvalue weighted by molar-refractivity contribution is 0.643. The number of fused-ring (bicyclic) bond motifs is 1. The van der Waals surface area contributed by atoms with E-state index in [1.807, 2.05) is 37.3 Å². The summed E-state index contributed by atoms with van der Waals surface area (Å²) in [7, 11) is 0. The van der Waals surface area contributed by atoms with E-state index in [2.05, 4.69) is 42.2 Å². The van der Waals surface area contributed by atoms with Gasteiger partial charge in [0.05, 0.1) is 11.6 Å². The molecule has 0 aliphatic carbocycles. The fourth-order valence-electron chi connectivity index (χ4n) is 3.63. The fraction of sp³-hybridized carbons (Fsp3) is 0.100. The Labute approximate surface area is 188 Å². The number of allylic oxidation sites excluding steroid dienone is 2. The van der Waals surface area contributed by atoms with Gasteiger partial charge >= 0.3 is 0 Å². The van der Waals surface area contributed by atoms with Crippen LogP contribution in [0.4, 0.5) is 4.39 Å². The molecule has 4 aromatic carbocycles. The molecular formula is C30H22FN. The molecule has 0 heterocycles. The molecule has 0 spiro atoms. The Balaban J connectivity index is 1.56. The standard InChI is InChI=1S/C30H22FN/c1-2-3-4-5-22-6-8-23(9-7-22)10-11-24-14-18-29-27(20-24)17-19-28(30(29)31)26-15-12-25(21-32)13-16-26/h2-3,6-9,12-20H,4-5H2,1H3/b3-2+. The summed E-state index contributed by atoms with van der Waals surface area (Å²) >= 11 is 0. The zero-order valence-electron chi connectivity index (χ0n) is 17.9. The van der Waals surface area contributed by atoms with E-state index < -0.39 is 0 Å². The van der Waals surface area contributed by atoms with Gasteiger partial charge in [0, 0.05) is 22.1 Å². The van der Waals surface area contributed by atoms with Crippen LogP contribution in [-0.4, -0.2) is 0 Å². The van der Waals surface area contributed by atoms with Gasteiger partial charge in [-0.2, -0.15) is 5.26 Å². The van der Waals surface area contributed by atoms with Crippen molar-refractivity contribution in [3.63, 3.8) is 0 Å². The SMILES string of the molecule is C/C=C/CCc1ccc(C#Cc2ccc3c(F)c(-c4ccc(C#N)cc4)ccc3c2)cc1. The zero-order valence-corrected chi connectivity index (χ0v) is 17.9. The molecule has 154 valence electrons. The van der Waals surface area contributed by atoms with Crippen molar-refractivity contribution in [1.29, 1.82) is 5.26 Å². The third-order valence-corrected chi connectivity index (χ3v) is 5.42. The van der Waals surface area contributed by atoms with Crippen LogP contribution in [0.15, 0.2) is 91.0 Å². The molecule has 0 fully saturated rings. The third-order valence-electron chi connectivity index (χ3n) is 5.42. The first kappa shape index (κ1) is 21.1. The van der Waals surface area contributed by atoms with Gasteiger partial charge < -0.3 is 0 Å². The molecule has 1 nitrogen and oxygen atoms in total. The van der Waals surface area contributed by atoms with Crippen molar-refractivity contribution >= 4 is 10.8 Å². The van der Waals surface area contributed by atoms with E-state index in [0.29, 0.717) is 16.5 Å². The molecule has 0 saturated carbocycles. The Kier molecular flexibility index (Phi) is 6.45. The lowest BCUT2D eigenvalue weighted by Crippen LogP contribution is -1.88. The molecule has 4 rings (SSSR count). The highest BCUT2D eigenvalue weighted by Gasteiger charge is 2.10. The number of hydrogen-bond acceptors (Lipinski definition) is 1. The summed E-state index contributed by atoms with van der Waals surface area (Å²) < 4.78 is 15.2. The highest BCUT2D eigenvalue weighted by Crippen LogP contribution is 2.29. The average Bonchev–Trinajstić information content (AvgIpc) is 2.84. The maximum absolute atomic E-state index is 15.2. The summed E-state index contributed by atoms with van der Waals surface area (Å²) in [6.45, 7) is 2.04. The molecule has 0 radical (unpaired) electrons. The van der Waals surface area contributed by atoms with Crippen molar-refractivity contribution < 1.29 is 4.39 Å². The van der Waals surface area contributed by atoms with Gasteiger partial charge in [-0.15, -0.1) is 0 Å². The van der Waals surface area contributed by atoms with E-state index in [1.165, 1.54) is 5.56 Å². The Morgan fingerprint density at radius 3 is 2.22 bits per heavy atom. The minimum Gasteiger partial charge on any atom is -0.206 e. The highest BCUT2D eigenvalue weighted by atomic mass is 19.1. The van der Waals surface area contributed by atoms with E-state index in [1.54, 1.807) is 36.4 Å². The van der Waals surface area contributed by atoms with E-state index in [0.717, 1.165) is 34.9 Å². The van der Waals surface area contributed by atoms with Gasteiger partial charge in [-0.25, -0.2) is 4.39 Å². The Morgan fingerprint density at radius 2 is 1.50 bits per heavy atom. The summed E-state index contributed by atoms with van der Waals surface area (Å²) in [6.07, 6.45) is 6.31. The second-order valence-corrected chi connectivity index (χ2v) is 7.61. The number of hydrogen-bond donors (Lipinski definition) is 0. The first-order chi connectivity index (χ1) is 15.7. The third kappa shape index (κ3) is 4.77. The molecule has 0 aromatic heterocycles. The smallest absolute Gasteiger partial charge is 0.138 e. The summed E-state index contributed by atoms with van der Waals surface area (Å²) in [6, 6.07) is 26.6. The molecule has 4 aromatic rings. The summed E-state index contributed by atoms with van der Waals surface area (Å²) in [4.78, 5) is 0. The highest BCUT2D eigenvalue weighted by molar-refractivity contribution is 5.89. The number of rotatable bonds is 4. The summed E-state index contributed by atoms with van der Waals surface area (Å²) in [5, 5.41) is 10.3. The van der Waals surface area contributed by atoms with Crippen LogP contribution >= 0.6 is 0 Å². The van der Waals surface area contributed by atoms with Crippen LogP contribution in [0.5, 0.6) is 0 Å². The van der Waals surface area contributed by atoms with E-state index in [9.17, 15) is 0 Å². The predicted octanol–water partition coefficient (Wildman–Crippen LogP) is 7.43. The van der Waals surface area contributed by atoms with Crippen molar-refractivity contribution in [2.45, 2.75) is 19.8 Å². The molecule has 0 atom stereocenters. The normalized spacial score (nSPS) is 10.7. The lowest BCUT2D eigenvalue weighted by Gasteiger charge is -2.07. The molecule has 0 aliphatic rings. The number of nitrogens with zero attached hydrogens (tertiary/aromatic N) is 1. The van der Waals surface area contributed by atoms with Crippen LogP contribution in [0.25, 0.3) is 21.9 Å². The van der Waals surface area contributed by atoms with Crippen LogP contribution in [-0.2, 0) is 6.42 Å². The number of halogens is 1. The molecular weight excluding hydrogens is 393 g/mol. The topological polar surface area (TPSA) is 23.8 Å². The van der Waals surface area contributed by atoms with Crippen molar-refractivity contribution in [3.8, 4) is 29.0 Å². The van der Waals surface area contributed by atoms with Gasteiger partial charge in [-0.3, -0.25) is 0 Å². The number of benzene rings is 4. The van der Waals surface area contributed by atoms with Crippen LogP contribution in [0.1, 0.15) is 35.6 Å². The van der Waals surface area contributed by atoms with Gasteiger partial charge in [0.1, 0.15) is 5.82 Å². The molecule has 2 heteroatoms. The van der Waals surface area contributed by atoms with Crippen LogP contribution in [0.3, 0.4) is 0 Å². The molecule has 32 heavy (non-hydrogen) atoms. The van der Waals surface area contributed by atoms with Crippen molar-refractivity contribution in [2.24, 2.45) is 0 Å². The van der Waals surface area contributed by atoms with Crippen molar-refractivity contribution in [1.82, 2.24) is 0 Å². The predicted molar refractivity (Wildman–Crippen MR) is 130 cm³/mol. The second-order valence-electron chi connectivity index (χ2n) is 7.61. The summed E-state index contributed by atoms with van der Waals surface area (Å²) in [5.41, 5.74) is 4.94. The summed E-state index contributed by atoms with van der Waals surface area (Å²) in [5.74, 6) is 6.12. The monoisotopic (exact) mass is 415 g/mol. The minimum atomic E-state index is -0.264. The lowest BCUT2D eigenvalue weighted by atomic mass is 9.98. The Bertz CT molecular complexity index is 1380. The quantitative estimate of drug-likeness (QED) is 0.251. The van der Waals surface area contributed by atoms with Gasteiger partial charge in [0.15, 0.2) is 0 Å². The maximum Gasteiger partial charge on any atom is 0.138 e. The Hall–Kier alpha value is -4.14. The molecule has 0 saturated heterocycles. The van der Waals surface area contributed by atoms with E-state index >= 15 is 4.39 Å². The molecule has 0 aliphatic heterocycles. The maximum atomic E-state index is 15.2. The first-order valence-corrected chi connectivity index (χ1v) is 10.6. The van der Waals surface area contributed by atoms with Crippen molar-refractivity contribution in [3.05, 3.63) is 119 Å². The van der Waals surface area contributed by atoms with Gasteiger partial charge in [0.25, 0.3) is 0 Å². The molecule has 0 unspecified atom stereocenters. The van der Waals surface area contributed by atoms with E-state index in [-0.39, 0.29) is 5.82 Å². The number of nitriles is 1. The number of aryl methyl sites for hydroxylation is 1. The van der Waals surface area contributed by atoms with Crippen LogP contribution < -0.4 is 0 Å². The minimum absolute atomic E-state index is 0.264. The van der Waals surface area contributed by atoms with Crippen molar-refractivity contribution in [2.75, 3.05) is 0 Å². The largest absolute Gasteiger partial charge is 0.206 e. The van der Waals surface area contributed by atoms with Gasteiger partial charge in [0.2, 0.25) is 0 Å². The fourth-order valence-corrected chi connectivity index (χ4v) is 3.63. The van der Waals surface area contributed by atoms with E-state index in [4.69, 9.17) is 5.26 Å². The first-order valence-electron chi connectivity index (χ1n) is 10.6. The molecule has 0 bridgehead atoms. The van der Waals surface area contributed by atoms with Gasteiger partial charge in [-0.1, -0.05) is 66.5 Å². The average molecular weight is 416 g/mol. The van der Waals surface area contributed by atoms with Gasteiger partial charge in [-0.05, 0) is 72.7 Å².